The Bertz CT molecular complexity index is 1280. The van der Waals surface area contributed by atoms with E-state index < -0.39 is 32.8 Å². The first-order chi connectivity index (χ1) is 15.6. The molecule has 0 spiro atoms. The van der Waals surface area contributed by atoms with Gasteiger partial charge in [-0.1, -0.05) is 6.07 Å². The maximum Gasteiger partial charge on any atom is 0.269 e. The number of carbonyl (C=O) groups excluding carboxylic acids is 1. The average molecular weight is 473 g/mol. The number of nitro benzene ring substituents is 1. The first kappa shape index (κ1) is 23.8. The summed E-state index contributed by atoms with van der Waals surface area (Å²) in [6.07, 6.45) is -1.12. The number of hydrogen-bond donors (Lipinski definition) is 3. The van der Waals surface area contributed by atoms with Gasteiger partial charge in [-0.15, -0.1) is 0 Å². The molecule has 3 N–H and O–H groups in total. The number of anilines is 1. The van der Waals surface area contributed by atoms with Crippen molar-refractivity contribution in [1.82, 2.24) is 5.32 Å². The lowest BCUT2D eigenvalue weighted by Gasteiger charge is -2.14. The van der Waals surface area contributed by atoms with Crippen molar-refractivity contribution in [3.63, 3.8) is 0 Å². The minimum Gasteiger partial charge on any atom is -0.387 e. The second-order valence-corrected chi connectivity index (χ2v) is 8.85. The molecular formula is C22H20FN3O6S. The minimum absolute atomic E-state index is 0.0906. The summed E-state index contributed by atoms with van der Waals surface area (Å²) < 4.78 is 40.7. The number of nitrogens with one attached hydrogen (secondary N) is 2. The quantitative estimate of drug-likeness (QED) is 0.339. The zero-order valence-electron chi connectivity index (χ0n) is 17.4. The summed E-state index contributed by atoms with van der Waals surface area (Å²) >= 11 is 0. The molecule has 0 saturated heterocycles. The summed E-state index contributed by atoms with van der Waals surface area (Å²) in [6.45, 7) is 1.44. The van der Waals surface area contributed by atoms with Gasteiger partial charge in [0.1, 0.15) is 5.82 Å². The van der Waals surface area contributed by atoms with E-state index in [1.807, 2.05) is 0 Å². The third kappa shape index (κ3) is 5.90. The van der Waals surface area contributed by atoms with Crippen LogP contribution >= 0.6 is 0 Å². The van der Waals surface area contributed by atoms with Gasteiger partial charge in [0.25, 0.3) is 21.6 Å². The van der Waals surface area contributed by atoms with Crippen LogP contribution in [-0.4, -0.2) is 30.9 Å². The maximum absolute atomic E-state index is 13.0. The molecule has 0 aromatic heterocycles. The van der Waals surface area contributed by atoms with Gasteiger partial charge >= 0.3 is 0 Å². The molecule has 9 nitrogen and oxygen atoms in total. The van der Waals surface area contributed by atoms with Gasteiger partial charge in [-0.3, -0.25) is 19.6 Å². The molecule has 0 saturated carbocycles. The largest absolute Gasteiger partial charge is 0.387 e. The van der Waals surface area contributed by atoms with Gasteiger partial charge in [-0.05, 0) is 66.6 Å². The van der Waals surface area contributed by atoms with Crippen molar-refractivity contribution in [2.75, 3.05) is 11.3 Å². The van der Waals surface area contributed by atoms with E-state index in [-0.39, 0.29) is 28.4 Å². The van der Waals surface area contributed by atoms with E-state index in [2.05, 4.69) is 10.0 Å². The van der Waals surface area contributed by atoms with Crippen LogP contribution in [0.4, 0.5) is 15.8 Å². The van der Waals surface area contributed by atoms with Crippen LogP contribution < -0.4 is 10.0 Å². The molecule has 0 heterocycles. The number of nitrogens with zero attached hydrogens (tertiary/aromatic N) is 1. The monoisotopic (exact) mass is 473 g/mol. The highest BCUT2D eigenvalue weighted by Gasteiger charge is 2.19. The Morgan fingerprint density at radius 3 is 2.33 bits per heavy atom. The van der Waals surface area contributed by atoms with E-state index in [1.165, 1.54) is 54.6 Å². The summed E-state index contributed by atoms with van der Waals surface area (Å²) in [5.74, 6) is -1.12. The molecule has 33 heavy (non-hydrogen) atoms. The number of aliphatic hydroxyl groups excluding tert-OH is 1. The lowest BCUT2D eigenvalue weighted by atomic mass is 10.1. The number of hydrogen-bond acceptors (Lipinski definition) is 6. The average Bonchev–Trinajstić information content (AvgIpc) is 2.78. The van der Waals surface area contributed by atoms with Gasteiger partial charge in [0.2, 0.25) is 0 Å². The first-order valence-corrected chi connectivity index (χ1v) is 11.1. The van der Waals surface area contributed by atoms with Crippen molar-refractivity contribution in [3.05, 3.63) is 99.4 Å². The predicted molar refractivity (Wildman–Crippen MR) is 119 cm³/mol. The molecule has 0 radical (unpaired) electrons. The molecule has 0 bridgehead atoms. The minimum atomic E-state index is -4.04. The van der Waals surface area contributed by atoms with Crippen molar-refractivity contribution >= 4 is 27.3 Å². The number of aliphatic hydroxyl groups is 1. The Morgan fingerprint density at radius 2 is 1.73 bits per heavy atom. The van der Waals surface area contributed by atoms with Gasteiger partial charge in [0.15, 0.2) is 0 Å². The van der Waals surface area contributed by atoms with E-state index in [4.69, 9.17) is 0 Å². The molecule has 11 heteroatoms. The van der Waals surface area contributed by atoms with Crippen LogP contribution in [-0.2, 0) is 10.0 Å². The molecule has 0 fully saturated rings. The van der Waals surface area contributed by atoms with Gasteiger partial charge in [-0.2, -0.15) is 0 Å². The third-order valence-electron chi connectivity index (χ3n) is 4.81. The number of amides is 1. The Morgan fingerprint density at radius 1 is 1.09 bits per heavy atom. The zero-order chi connectivity index (χ0) is 24.2. The number of nitro groups is 1. The smallest absolute Gasteiger partial charge is 0.269 e. The highest BCUT2D eigenvalue weighted by molar-refractivity contribution is 7.92. The number of sulfonamides is 1. The summed E-state index contributed by atoms with van der Waals surface area (Å²) in [5.41, 5.74) is 1.01. The van der Waals surface area contributed by atoms with Crippen LogP contribution in [0, 0.1) is 22.9 Å². The van der Waals surface area contributed by atoms with E-state index in [1.54, 1.807) is 6.92 Å². The molecule has 3 aromatic rings. The Hall–Kier alpha value is -3.83. The molecule has 3 rings (SSSR count). The van der Waals surface area contributed by atoms with Crippen LogP contribution in [0.25, 0.3) is 0 Å². The maximum atomic E-state index is 13.0. The molecule has 1 atom stereocenters. The molecule has 0 aliphatic carbocycles. The second kappa shape index (κ2) is 9.76. The van der Waals surface area contributed by atoms with Crippen molar-refractivity contribution in [2.45, 2.75) is 17.9 Å². The number of benzene rings is 3. The highest BCUT2D eigenvalue weighted by atomic mass is 32.2. The van der Waals surface area contributed by atoms with E-state index in [0.717, 1.165) is 12.1 Å². The summed E-state index contributed by atoms with van der Waals surface area (Å²) in [6, 6.07) is 14.0. The lowest BCUT2D eigenvalue weighted by molar-refractivity contribution is -0.384. The van der Waals surface area contributed by atoms with Crippen LogP contribution in [0.1, 0.15) is 27.6 Å². The van der Waals surface area contributed by atoms with Gasteiger partial charge < -0.3 is 10.4 Å². The predicted octanol–water partition coefficient (Wildman–Crippen LogP) is 3.31. The second-order valence-electron chi connectivity index (χ2n) is 7.16. The fraction of sp³-hybridized carbons (Fsp3) is 0.136. The lowest BCUT2D eigenvalue weighted by Crippen LogP contribution is -2.29. The summed E-state index contributed by atoms with van der Waals surface area (Å²) in [4.78, 5) is 22.6. The van der Waals surface area contributed by atoms with Crippen molar-refractivity contribution in [2.24, 2.45) is 0 Å². The molecule has 0 aliphatic heterocycles. The van der Waals surface area contributed by atoms with Crippen molar-refractivity contribution in [3.8, 4) is 0 Å². The van der Waals surface area contributed by atoms with Gasteiger partial charge in [0, 0.05) is 29.9 Å². The van der Waals surface area contributed by atoms with E-state index in [9.17, 15) is 32.8 Å². The summed E-state index contributed by atoms with van der Waals surface area (Å²) in [5, 5.41) is 23.5. The molecule has 3 aromatic carbocycles. The van der Waals surface area contributed by atoms with Crippen LogP contribution in [0.15, 0.2) is 71.6 Å². The number of rotatable bonds is 8. The Labute approximate surface area is 189 Å². The normalized spacial score (nSPS) is 12.1. The zero-order valence-corrected chi connectivity index (χ0v) is 18.2. The molecule has 0 aliphatic rings. The van der Waals surface area contributed by atoms with Gasteiger partial charge in [0.05, 0.1) is 15.9 Å². The van der Waals surface area contributed by atoms with Crippen LogP contribution in [0.2, 0.25) is 0 Å². The van der Waals surface area contributed by atoms with Crippen molar-refractivity contribution in [1.29, 1.82) is 0 Å². The Kier molecular flexibility index (Phi) is 7.04. The van der Waals surface area contributed by atoms with Gasteiger partial charge in [-0.25, -0.2) is 12.8 Å². The number of aryl methyl sites for hydroxylation is 1. The molecule has 1 amide bonds. The van der Waals surface area contributed by atoms with E-state index in [0.29, 0.717) is 11.1 Å². The van der Waals surface area contributed by atoms with Crippen molar-refractivity contribution < 1.29 is 27.6 Å². The number of carbonyl (C=O) groups is 1. The summed E-state index contributed by atoms with van der Waals surface area (Å²) in [7, 11) is -4.04. The van der Waals surface area contributed by atoms with E-state index >= 15 is 0 Å². The molecule has 1 unspecified atom stereocenters. The standard InChI is InChI=1S/C22H20FN3O6S/c1-14-2-11-19(33(31,32)25-17-7-5-16(23)6-8-17)12-20(14)22(28)24-13-21(27)15-3-9-18(10-4-15)26(29)30/h2-12,21,25,27H,13H2,1H3,(H,24,28). The third-order valence-corrected chi connectivity index (χ3v) is 6.18. The first-order valence-electron chi connectivity index (χ1n) is 9.66. The topological polar surface area (TPSA) is 139 Å². The Balaban J connectivity index is 1.72. The number of halogens is 1. The molecular weight excluding hydrogens is 453 g/mol. The SMILES string of the molecule is Cc1ccc(S(=O)(=O)Nc2ccc(F)cc2)cc1C(=O)NCC(O)c1ccc([N+](=O)[O-])cc1. The molecule has 172 valence electrons. The number of non-ortho nitro benzene ring substituents is 1. The fourth-order valence-electron chi connectivity index (χ4n) is 2.97. The highest BCUT2D eigenvalue weighted by Crippen LogP contribution is 2.21. The van der Waals surface area contributed by atoms with Crippen LogP contribution in [0.3, 0.4) is 0 Å². The fourth-order valence-corrected chi connectivity index (χ4v) is 4.05. The van der Waals surface area contributed by atoms with Crippen LogP contribution in [0.5, 0.6) is 0 Å².